The van der Waals surface area contributed by atoms with Crippen molar-refractivity contribution < 1.29 is 67.7 Å². The molecule has 0 saturated carbocycles. The first-order valence-electron chi connectivity index (χ1n) is 37.5. The van der Waals surface area contributed by atoms with Crippen molar-refractivity contribution >= 4 is 82.3 Å². The number of likely N-dealkylation sites (N-methyl/N-ethyl adjacent to an activating group) is 2. The zero-order valence-corrected chi connectivity index (χ0v) is 61.0. The van der Waals surface area contributed by atoms with Crippen molar-refractivity contribution in [2.24, 2.45) is 11.8 Å². The van der Waals surface area contributed by atoms with E-state index < -0.39 is 191 Å². The van der Waals surface area contributed by atoms with E-state index in [1.807, 2.05) is 0 Å². The number of anilines is 2. The lowest BCUT2D eigenvalue weighted by Crippen LogP contribution is -2.72. The van der Waals surface area contributed by atoms with E-state index in [2.05, 4.69) is 53.8 Å². The maximum atomic E-state index is 15.9. The van der Waals surface area contributed by atoms with E-state index in [0.29, 0.717) is 87.2 Å². The van der Waals surface area contributed by atoms with Crippen molar-refractivity contribution in [3.05, 3.63) is 47.5 Å². The number of hydrogen-bond acceptors (Lipinski definition) is 22. The molecule has 0 spiro atoms. The quantitative estimate of drug-likeness (QED) is 0.155. The van der Waals surface area contributed by atoms with Gasteiger partial charge in [0, 0.05) is 88.7 Å². The molecule has 34 nitrogen and oxygen atoms in total. The molecule has 2 aromatic rings. The van der Waals surface area contributed by atoms with Crippen LogP contribution in [0.25, 0.3) is 11.1 Å². The molecule has 568 valence electrons. The summed E-state index contributed by atoms with van der Waals surface area (Å²) in [6, 6.07) is -3.34. The molecule has 12 aliphatic heterocycles. The second-order valence-corrected chi connectivity index (χ2v) is 31.4. The first kappa shape index (κ1) is 73.3. The van der Waals surface area contributed by atoms with Crippen molar-refractivity contribution in [3.63, 3.8) is 0 Å². The van der Waals surface area contributed by atoms with E-state index in [0.717, 1.165) is 0 Å². The van der Waals surface area contributed by atoms with Crippen molar-refractivity contribution in [3.8, 4) is 11.1 Å². The molecule has 12 aliphatic rings. The van der Waals surface area contributed by atoms with E-state index in [9.17, 15) is 29.4 Å². The summed E-state index contributed by atoms with van der Waals surface area (Å²) in [5.74, 6) is -8.85. The fourth-order valence-corrected chi connectivity index (χ4v) is 18.1. The highest BCUT2D eigenvalue weighted by Crippen LogP contribution is 2.54. The summed E-state index contributed by atoms with van der Waals surface area (Å²) in [5.41, 5.74) is 15.4. The fraction of sp³-hybridized carbons (Fsp3) is 0.662. The Hall–Kier alpha value is -8.64. The zero-order valence-electron chi connectivity index (χ0n) is 61.0. The van der Waals surface area contributed by atoms with Crippen LogP contribution in [0.1, 0.15) is 149 Å². The van der Waals surface area contributed by atoms with E-state index in [1.165, 1.54) is 70.7 Å². The van der Waals surface area contributed by atoms with Crippen LogP contribution in [0.2, 0.25) is 0 Å². The number of rotatable bonds is 3. The Morgan fingerprint density at radius 2 is 0.762 bits per heavy atom. The van der Waals surface area contributed by atoms with Crippen LogP contribution in [0.3, 0.4) is 0 Å². The lowest BCUT2D eigenvalue weighted by molar-refractivity contribution is -0.171. The van der Waals surface area contributed by atoms with Gasteiger partial charge in [0.25, 0.3) is 35.4 Å². The molecule has 0 aliphatic carbocycles. The van der Waals surface area contributed by atoms with Crippen LogP contribution in [0.4, 0.5) is 11.4 Å². The molecule has 14 rings (SSSR count). The summed E-state index contributed by atoms with van der Waals surface area (Å²) in [6.45, 7) is 13.6. The van der Waals surface area contributed by atoms with Crippen LogP contribution in [-0.2, 0) is 68.7 Å². The molecule has 0 bridgehead atoms. The Bertz CT molecular complexity index is 3920. The van der Waals surface area contributed by atoms with Crippen LogP contribution in [0, 0.1) is 11.8 Å². The molecule has 0 radical (unpaired) electrons. The van der Waals surface area contributed by atoms with Gasteiger partial charge in [-0.05, 0) is 145 Å². The summed E-state index contributed by atoms with van der Waals surface area (Å²) < 4.78 is 0. The van der Waals surface area contributed by atoms with E-state index in [1.54, 1.807) is 77.9 Å². The van der Waals surface area contributed by atoms with Crippen molar-refractivity contribution in [1.29, 1.82) is 0 Å². The van der Waals surface area contributed by atoms with Crippen LogP contribution < -0.4 is 53.8 Å². The lowest BCUT2D eigenvalue weighted by Gasteiger charge is -2.49. The van der Waals surface area contributed by atoms with Gasteiger partial charge >= 0.3 is 0 Å². The minimum atomic E-state index is -2.05. The van der Waals surface area contributed by atoms with Crippen molar-refractivity contribution in [2.75, 3.05) is 64.0 Å². The number of hydrazine groups is 6. The molecular formula is C71H100N20O14. The Labute approximate surface area is 608 Å². The smallest absolute Gasteiger partial charge is 0.262 e. The number of carbonyl (C=O) groups is 12. The normalized spacial score (nSPS) is 35.5. The lowest BCUT2D eigenvalue weighted by atomic mass is 9.86. The zero-order chi connectivity index (χ0) is 74.8. The molecule has 10 saturated heterocycles. The monoisotopic (exact) mass is 1460 g/mol. The van der Waals surface area contributed by atoms with E-state index in [4.69, 9.17) is 0 Å². The van der Waals surface area contributed by atoms with Gasteiger partial charge in [-0.1, -0.05) is 39.8 Å². The summed E-state index contributed by atoms with van der Waals surface area (Å²) in [6.07, 6.45) is 0.568. The van der Waals surface area contributed by atoms with Crippen LogP contribution in [-0.4, -0.2) is 268 Å². The van der Waals surface area contributed by atoms with Gasteiger partial charge in [0.05, 0.1) is 0 Å². The second-order valence-electron chi connectivity index (χ2n) is 31.4. The van der Waals surface area contributed by atoms with Gasteiger partial charge in [-0.2, -0.15) is 0 Å². The first-order chi connectivity index (χ1) is 50.0. The molecule has 105 heavy (non-hydrogen) atoms. The largest absolute Gasteiger partial charge is 0.381 e. The number of carbonyl (C=O) groups excluding carboxylic acids is 12. The number of benzene rings is 2. The van der Waals surface area contributed by atoms with Crippen LogP contribution in [0.5, 0.6) is 0 Å². The molecule has 1 unspecified atom stereocenters. The predicted molar refractivity (Wildman–Crippen MR) is 375 cm³/mol. The van der Waals surface area contributed by atoms with Gasteiger partial charge in [-0.3, -0.25) is 87.6 Å². The Kier molecular flexibility index (Phi) is 19.5. The van der Waals surface area contributed by atoms with Crippen molar-refractivity contribution in [1.82, 2.24) is 92.8 Å². The second kappa shape index (κ2) is 27.9. The summed E-state index contributed by atoms with van der Waals surface area (Å²) in [7, 11) is 2.94. The van der Waals surface area contributed by atoms with Crippen LogP contribution >= 0.6 is 0 Å². The highest BCUT2D eigenvalue weighted by atomic mass is 16.3. The van der Waals surface area contributed by atoms with Gasteiger partial charge in [0.2, 0.25) is 35.4 Å². The van der Waals surface area contributed by atoms with Crippen LogP contribution in [0.15, 0.2) is 36.4 Å². The summed E-state index contributed by atoms with van der Waals surface area (Å²) in [4.78, 5) is 187. The maximum absolute atomic E-state index is 15.9. The molecule has 34 heteroatoms. The topological polar surface area (TPSA) is 398 Å². The van der Waals surface area contributed by atoms with Gasteiger partial charge in [0.15, 0.2) is 0 Å². The number of nitrogens with one attached hydrogen (secondary N) is 10. The molecule has 16 atom stereocenters. The highest BCUT2D eigenvalue weighted by Gasteiger charge is 2.65. The standard InChI is InChI=1S/C71H100N20O14/c1-36(2)53-64(101)89-49(19-13-29-75-89)62(99)88-46(16-10-28-74-88)59(96)82(8)38(5)57(94)86-47(17-11-26-72-86)60(97)84-51(55(92)80-53)34-70(104)42-32-40(21-23-44(42)78-66(70)84)41-22-24-45-43(33-41)71(105)35-52-56(93)81-54(37(3)4)65(102)90-50(20-14-30-76-90)63(100)91-69(7,25-15-31-77-91)68(103)83(9)39(6)58(95)87-48(18-12-27-73-87)61(98)85(52)67(71)79-45/h21-24,32-33,36-39,46-54,66-67,72-79,104-105H,10-20,25-31,34-35H2,1-9H3,(H,80,92)(H,81,93)/t38-,39-,46+,47+,48+,49-,50-,51?,52-,53+,54+,66-,67-,69+,70+,71+/m0/s1. The number of aliphatic hydroxyl groups is 2. The van der Waals surface area contributed by atoms with Crippen molar-refractivity contribution in [2.45, 2.75) is 234 Å². The van der Waals surface area contributed by atoms with Gasteiger partial charge in [0.1, 0.15) is 95.5 Å². The number of amides is 12. The SMILES string of the molecule is CC(C)[C@H]1NC(=O)C2C[C@@]3(O)c4cc(-c5ccc6c(c5)[C@]5(O)C[C@H]7C(=O)N[C@H](C(C)C)C(=O)N8NCCC[C@H]8C(=O)N8NCCC[C@]8(C)C(=O)N(C)[C@@H](C)C(=O)N8NCCC[C@@H]8C(=O)N7[C@@H]5N6)ccc4N[C@H]3N2C(=O)[C@H]2CCCNN2C(=O)[C@H](C)N(C)C(=O)[C@H]2CCCNN2C(=O)[C@@H]2CCCNN2C1=O. The van der Waals surface area contributed by atoms with Gasteiger partial charge in [-0.15, -0.1) is 0 Å². The molecule has 0 aromatic heterocycles. The van der Waals surface area contributed by atoms with E-state index >= 15 is 38.4 Å². The Morgan fingerprint density at radius 3 is 1.17 bits per heavy atom. The molecule has 12 amide bonds. The Balaban J connectivity index is 0.804. The third-order valence-corrected chi connectivity index (χ3v) is 24.3. The van der Waals surface area contributed by atoms with E-state index in [-0.39, 0.29) is 62.7 Å². The Morgan fingerprint density at radius 1 is 0.410 bits per heavy atom. The highest BCUT2D eigenvalue weighted by molar-refractivity contribution is 6.02. The van der Waals surface area contributed by atoms with Gasteiger partial charge < -0.3 is 51.1 Å². The average Bonchev–Trinajstić information content (AvgIpc) is 1.55. The number of fused-ring (bicyclic) bond motifs is 16. The predicted octanol–water partition coefficient (Wildman–Crippen LogP) is -2.20. The molecule has 10 fully saturated rings. The minimum absolute atomic E-state index is 0.123. The average molecular weight is 1460 g/mol. The number of nitrogens with zero attached hydrogens (tertiary/aromatic N) is 10. The first-order valence-corrected chi connectivity index (χ1v) is 37.5. The summed E-state index contributed by atoms with van der Waals surface area (Å²) in [5, 5.41) is 47.1. The third-order valence-electron chi connectivity index (χ3n) is 24.3. The molecule has 12 N–H and O–H groups in total. The minimum Gasteiger partial charge on any atom is -0.381 e. The third kappa shape index (κ3) is 12.1. The maximum Gasteiger partial charge on any atom is 0.262 e. The molecule has 2 aromatic carbocycles. The number of hydrogen-bond donors (Lipinski definition) is 12. The van der Waals surface area contributed by atoms with Gasteiger partial charge in [-0.25, -0.2) is 32.6 Å². The summed E-state index contributed by atoms with van der Waals surface area (Å²) >= 11 is 0. The fourth-order valence-electron chi connectivity index (χ4n) is 18.1. The molecular weight excluding hydrogens is 1360 g/mol. The molecule has 12 heterocycles.